The van der Waals surface area contributed by atoms with Crippen molar-refractivity contribution in [3.05, 3.63) is 79.9 Å². The minimum absolute atomic E-state index is 0.127. The van der Waals surface area contributed by atoms with Gasteiger partial charge in [0.25, 0.3) is 0 Å². The Morgan fingerprint density at radius 1 is 1.11 bits per heavy atom. The van der Waals surface area contributed by atoms with Crippen LogP contribution in [0.25, 0.3) is 22.2 Å². The second-order valence-electron chi connectivity index (χ2n) is 12.0. The molecule has 2 heterocycles. The highest BCUT2D eigenvalue weighted by Gasteiger charge is 2.61. The molecule has 0 bridgehead atoms. The summed E-state index contributed by atoms with van der Waals surface area (Å²) in [5, 5.41) is 0.169. The van der Waals surface area contributed by atoms with Gasteiger partial charge in [-0.15, -0.1) is 6.58 Å². The van der Waals surface area contributed by atoms with E-state index in [0.29, 0.717) is 42.0 Å². The number of amides is 2. The number of sulfonamides is 1. The highest BCUT2D eigenvalue weighted by molar-refractivity contribution is 7.90. The minimum atomic E-state index is -3.79. The van der Waals surface area contributed by atoms with Crippen LogP contribution in [0, 0.1) is 11.3 Å². The van der Waals surface area contributed by atoms with E-state index in [-0.39, 0.29) is 31.1 Å². The normalized spacial score (nSPS) is 24.1. The van der Waals surface area contributed by atoms with Gasteiger partial charge in [-0.3, -0.25) is 19.1 Å². The Labute approximate surface area is 262 Å². The lowest BCUT2D eigenvalue weighted by Crippen LogP contribution is -2.44. The molecule has 2 saturated carbocycles. The highest BCUT2D eigenvalue weighted by Crippen LogP contribution is 2.57. The molecule has 2 amide bonds. The number of aromatic nitrogens is 1. The predicted octanol–water partition coefficient (Wildman–Crippen LogP) is 4.20. The number of Topliss-reactive ketones (excluding diaryl/α,β-unsaturated/α-hetero) is 1. The van der Waals surface area contributed by atoms with E-state index in [9.17, 15) is 22.8 Å². The van der Waals surface area contributed by atoms with Crippen molar-refractivity contribution in [2.24, 2.45) is 11.3 Å². The van der Waals surface area contributed by atoms with Crippen LogP contribution in [-0.2, 0) is 24.4 Å². The molecule has 1 saturated heterocycles. The third-order valence-corrected chi connectivity index (χ3v) is 10.8. The Bertz CT molecular complexity index is 1800. The summed E-state index contributed by atoms with van der Waals surface area (Å²) in [6.45, 7) is 7.51. The Morgan fingerprint density at radius 2 is 1.87 bits per heavy atom. The van der Waals surface area contributed by atoms with Crippen molar-refractivity contribution in [2.45, 2.75) is 49.5 Å². The zero-order chi connectivity index (χ0) is 31.9. The van der Waals surface area contributed by atoms with Gasteiger partial charge in [0, 0.05) is 35.9 Å². The summed E-state index contributed by atoms with van der Waals surface area (Å²) >= 11 is 0. The molecule has 10 nitrogen and oxygen atoms in total. The van der Waals surface area contributed by atoms with Gasteiger partial charge in [-0.2, -0.15) is 0 Å². The van der Waals surface area contributed by atoms with Gasteiger partial charge in [-0.05, 0) is 43.4 Å². The maximum Gasteiger partial charge on any atom is 0.246 e. The maximum atomic E-state index is 13.9. The maximum absolute atomic E-state index is 13.9. The van der Waals surface area contributed by atoms with Crippen molar-refractivity contribution in [3.63, 3.8) is 0 Å². The summed E-state index contributed by atoms with van der Waals surface area (Å²) in [6.07, 6.45) is 3.48. The zero-order valence-electron chi connectivity index (χ0n) is 25.0. The molecule has 3 aliphatic rings. The quantitative estimate of drug-likeness (QED) is 0.233. The van der Waals surface area contributed by atoms with Crippen LogP contribution in [0.3, 0.4) is 0 Å². The average Bonchev–Trinajstić information content (AvgIpc) is 3.97. The molecule has 3 fully saturated rings. The molecule has 6 rings (SSSR count). The summed E-state index contributed by atoms with van der Waals surface area (Å²) in [4.78, 5) is 46.3. The molecule has 2 aromatic carbocycles. The lowest BCUT2D eigenvalue weighted by atomic mass is 9.91. The molecule has 3 aromatic rings. The standard InChI is InChI=1S/C34H35N3O7S/c1-4-22-18-34(22,33(40)36-45(41,42)25-12-13-25)19-30(38)29-16-24(20-37(29)32(39)5-2)44-31-17-27(21-9-7-6-8-10-21)35-28-15-23(43-3)11-14-26(28)31/h4-11,14-15,17,22,24-25,29H,1-2,12-13,16,18-20H2,3H3,(H,36,40)/t22-,24?,29+,34-/m1/s1. The van der Waals surface area contributed by atoms with Crippen LogP contribution in [0.15, 0.2) is 79.9 Å². The first-order chi connectivity index (χ1) is 21.6. The average molecular weight is 630 g/mol. The van der Waals surface area contributed by atoms with Crippen molar-refractivity contribution >= 4 is 38.5 Å². The van der Waals surface area contributed by atoms with E-state index in [1.54, 1.807) is 13.2 Å². The molecule has 45 heavy (non-hydrogen) atoms. The lowest BCUT2D eigenvalue weighted by Gasteiger charge is -2.24. The number of likely N-dealkylation sites (tertiary alicyclic amines) is 1. The van der Waals surface area contributed by atoms with Crippen LogP contribution in [0.1, 0.15) is 32.1 Å². The number of carbonyl (C=O) groups is 3. The number of fused-ring (bicyclic) bond motifs is 1. The number of ether oxygens (including phenoxy) is 2. The summed E-state index contributed by atoms with van der Waals surface area (Å²) < 4.78 is 39.2. The van der Waals surface area contributed by atoms with E-state index >= 15 is 0 Å². The van der Waals surface area contributed by atoms with Crippen LogP contribution in [0.4, 0.5) is 0 Å². The van der Waals surface area contributed by atoms with Crippen LogP contribution >= 0.6 is 0 Å². The number of hydrogen-bond donors (Lipinski definition) is 1. The zero-order valence-corrected chi connectivity index (χ0v) is 25.8. The Morgan fingerprint density at radius 3 is 2.51 bits per heavy atom. The van der Waals surface area contributed by atoms with E-state index in [0.717, 1.165) is 17.0 Å². The Hall–Kier alpha value is -4.51. The van der Waals surface area contributed by atoms with Crippen LogP contribution in [0.2, 0.25) is 0 Å². The van der Waals surface area contributed by atoms with Crippen molar-refractivity contribution in [2.75, 3.05) is 13.7 Å². The number of nitrogens with one attached hydrogen (secondary N) is 1. The van der Waals surface area contributed by atoms with E-state index < -0.39 is 44.6 Å². The molecule has 2 aliphatic carbocycles. The number of pyridine rings is 1. The first-order valence-corrected chi connectivity index (χ1v) is 16.5. The Kier molecular flexibility index (Phi) is 7.98. The van der Waals surface area contributed by atoms with Gasteiger partial charge in [0.05, 0.1) is 41.6 Å². The number of benzene rings is 2. The van der Waals surface area contributed by atoms with Gasteiger partial charge < -0.3 is 14.4 Å². The SMILES string of the molecule is C=CC(=O)N1CC(Oc2cc(-c3ccccc3)nc3cc(OC)ccc23)C[C@H]1C(=O)C[C@]1(C(=O)NS(=O)(=O)C2CC2)C[C@H]1C=C. The third-order valence-electron chi connectivity index (χ3n) is 8.99. The number of hydrogen-bond acceptors (Lipinski definition) is 8. The van der Waals surface area contributed by atoms with Crippen molar-refractivity contribution in [1.29, 1.82) is 0 Å². The summed E-state index contributed by atoms with van der Waals surface area (Å²) in [5.74, 6) is -0.618. The van der Waals surface area contributed by atoms with Crippen LogP contribution in [-0.4, -0.2) is 66.9 Å². The molecule has 0 spiro atoms. The van der Waals surface area contributed by atoms with Crippen molar-refractivity contribution < 1.29 is 32.3 Å². The van der Waals surface area contributed by atoms with Gasteiger partial charge in [-0.1, -0.05) is 43.0 Å². The molecule has 1 aliphatic heterocycles. The third kappa shape index (κ3) is 5.96. The van der Waals surface area contributed by atoms with Gasteiger partial charge in [-0.25, -0.2) is 13.4 Å². The van der Waals surface area contributed by atoms with E-state index in [1.165, 1.54) is 4.90 Å². The fraction of sp³-hybridized carbons (Fsp3) is 0.353. The molecule has 1 N–H and O–H groups in total. The van der Waals surface area contributed by atoms with Crippen LogP contribution in [0.5, 0.6) is 11.5 Å². The van der Waals surface area contributed by atoms with E-state index in [1.807, 2.05) is 54.6 Å². The van der Waals surface area contributed by atoms with Gasteiger partial charge in [0.1, 0.15) is 17.6 Å². The number of carbonyl (C=O) groups excluding carboxylic acids is 3. The molecule has 11 heteroatoms. The number of ketones is 1. The number of rotatable bonds is 12. The van der Waals surface area contributed by atoms with E-state index in [4.69, 9.17) is 14.5 Å². The lowest BCUT2D eigenvalue weighted by molar-refractivity contribution is -0.136. The van der Waals surface area contributed by atoms with Crippen molar-refractivity contribution in [3.8, 4) is 22.8 Å². The largest absolute Gasteiger partial charge is 0.497 e. The molecule has 4 atom stereocenters. The number of nitrogens with zero attached hydrogens (tertiary/aromatic N) is 2. The molecular weight excluding hydrogens is 594 g/mol. The topological polar surface area (TPSA) is 132 Å². The number of methoxy groups -OCH3 is 1. The fourth-order valence-electron chi connectivity index (χ4n) is 6.19. The highest BCUT2D eigenvalue weighted by atomic mass is 32.2. The van der Waals surface area contributed by atoms with Crippen LogP contribution < -0.4 is 14.2 Å². The Balaban J connectivity index is 1.26. The van der Waals surface area contributed by atoms with Gasteiger partial charge in [0.2, 0.25) is 21.8 Å². The molecular formula is C34H35N3O7S. The first kappa shape index (κ1) is 30.5. The van der Waals surface area contributed by atoms with E-state index in [2.05, 4.69) is 17.9 Å². The smallest absolute Gasteiger partial charge is 0.246 e. The molecule has 0 radical (unpaired) electrons. The predicted molar refractivity (Wildman–Crippen MR) is 169 cm³/mol. The summed E-state index contributed by atoms with van der Waals surface area (Å²) in [6, 6.07) is 16.1. The first-order valence-electron chi connectivity index (χ1n) is 14.9. The molecule has 1 unspecified atom stereocenters. The van der Waals surface area contributed by atoms with Crippen molar-refractivity contribution in [1.82, 2.24) is 14.6 Å². The molecule has 1 aromatic heterocycles. The second kappa shape index (κ2) is 11.8. The fourth-order valence-corrected chi connectivity index (χ4v) is 7.58. The van der Waals surface area contributed by atoms with Gasteiger partial charge in [0.15, 0.2) is 5.78 Å². The summed E-state index contributed by atoms with van der Waals surface area (Å²) in [7, 11) is -2.21. The minimum Gasteiger partial charge on any atom is -0.497 e. The second-order valence-corrected chi connectivity index (χ2v) is 13.9. The number of allylic oxidation sites excluding steroid dienone is 1. The monoisotopic (exact) mass is 629 g/mol. The van der Waals surface area contributed by atoms with Gasteiger partial charge >= 0.3 is 0 Å². The molecule has 234 valence electrons. The summed E-state index contributed by atoms with van der Waals surface area (Å²) in [5.41, 5.74) is 1.03.